The molecular formula is C44H56ClN5O4. The molecule has 0 aromatic heterocycles. The number of carbonyl (C=O) groups excluding carboxylic acids is 3. The number of hydrazine groups is 1. The van der Waals surface area contributed by atoms with Crippen LogP contribution in [0.25, 0.3) is 11.1 Å². The number of amides is 2. The van der Waals surface area contributed by atoms with Crippen LogP contribution in [0.5, 0.6) is 0 Å². The Hall–Kier alpha value is -3.76. The van der Waals surface area contributed by atoms with E-state index in [1.807, 2.05) is 86.3 Å². The summed E-state index contributed by atoms with van der Waals surface area (Å²) in [6, 6.07) is 22.8. The number of carbonyl (C=O) groups is 3. The second-order valence-electron chi connectivity index (χ2n) is 17.1. The Labute approximate surface area is 325 Å². The number of nitrogens with one attached hydrogen (secondary N) is 3. The molecule has 2 unspecified atom stereocenters. The van der Waals surface area contributed by atoms with E-state index < -0.39 is 17.5 Å². The van der Waals surface area contributed by atoms with Crippen molar-refractivity contribution in [2.24, 2.45) is 11.3 Å². The first-order valence-electron chi connectivity index (χ1n) is 19.9. The first-order valence-corrected chi connectivity index (χ1v) is 20.2. The van der Waals surface area contributed by atoms with Crippen molar-refractivity contribution in [3.05, 3.63) is 94.5 Å². The van der Waals surface area contributed by atoms with E-state index >= 15 is 0 Å². The minimum atomic E-state index is -0.608. The summed E-state index contributed by atoms with van der Waals surface area (Å²) >= 11 is 6.21. The molecule has 288 valence electrons. The molecule has 3 aromatic carbocycles. The molecule has 2 saturated heterocycles. The fraction of sp³-hybridized carbons (Fsp3) is 0.523. The van der Waals surface area contributed by atoms with Crippen molar-refractivity contribution >= 4 is 29.4 Å². The molecule has 3 fully saturated rings. The van der Waals surface area contributed by atoms with Crippen LogP contribution in [0.15, 0.2) is 72.8 Å². The van der Waals surface area contributed by atoms with Crippen LogP contribution >= 0.6 is 11.6 Å². The van der Waals surface area contributed by atoms with Gasteiger partial charge in [-0.3, -0.25) is 30.0 Å². The SMILES string of the molecule is CN1CC(NC(Cc2ccc(Cl)cc2)C(=O)NN2CCC(C(=O)NC(C)(C)C)(C3CCCCC3)CC2)[C@@H]1C(=O)OCC1c2ccccc2-c2ccccc21. The summed E-state index contributed by atoms with van der Waals surface area (Å²) < 4.78 is 6.08. The van der Waals surface area contributed by atoms with Crippen LogP contribution in [-0.4, -0.2) is 84.6 Å². The number of hydrogen-bond acceptors (Lipinski definition) is 7. The molecular weight excluding hydrogens is 698 g/mol. The van der Waals surface area contributed by atoms with Gasteiger partial charge in [0.15, 0.2) is 0 Å². The smallest absolute Gasteiger partial charge is 0.325 e. The highest BCUT2D eigenvalue weighted by Gasteiger charge is 2.49. The molecule has 54 heavy (non-hydrogen) atoms. The number of piperidine rings is 1. The third-order valence-corrected chi connectivity index (χ3v) is 12.5. The fourth-order valence-electron chi connectivity index (χ4n) is 9.41. The molecule has 0 spiro atoms. The van der Waals surface area contributed by atoms with Crippen molar-refractivity contribution in [1.29, 1.82) is 0 Å². The number of ether oxygens (including phenoxy) is 1. The Morgan fingerprint density at radius 2 is 1.50 bits per heavy atom. The van der Waals surface area contributed by atoms with E-state index in [0.717, 1.165) is 18.4 Å². The Kier molecular flexibility index (Phi) is 11.5. The number of halogens is 1. The molecule has 2 aliphatic heterocycles. The summed E-state index contributed by atoms with van der Waals surface area (Å²) in [6.45, 7) is 8.19. The zero-order valence-corrected chi connectivity index (χ0v) is 33.0. The third-order valence-electron chi connectivity index (χ3n) is 12.3. The molecule has 3 aromatic rings. The minimum Gasteiger partial charge on any atom is -0.463 e. The number of likely N-dealkylation sites (N-methyl/N-ethyl adjacent to an activating group) is 1. The van der Waals surface area contributed by atoms with E-state index in [0.29, 0.717) is 49.8 Å². The molecule has 0 bridgehead atoms. The Balaban J connectivity index is 1.02. The van der Waals surface area contributed by atoms with E-state index in [4.69, 9.17) is 16.3 Å². The standard InChI is InChI=1S/C44H56ClN5O4/c1-43(2,3)47-42(53)44(30-12-6-5-7-13-30)22-24-50(25-23-44)48-40(51)37(26-29-18-20-31(45)21-19-29)46-38-27-49(4)39(38)41(52)54-28-36-34-16-10-8-14-32(34)33-15-9-11-17-35(33)36/h8-11,14-21,30,36-39,46H,5-7,12-13,22-28H2,1-4H3,(H,47,53)(H,48,51)/t37?,38?,39-/m1/s1. The quantitative estimate of drug-likeness (QED) is 0.193. The highest BCUT2D eigenvalue weighted by molar-refractivity contribution is 6.30. The van der Waals surface area contributed by atoms with Crippen molar-refractivity contribution in [2.75, 3.05) is 33.3 Å². The summed E-state index contributed by atoms with van der Waals surface area (Å²) in [5.41, 5.74) is 8.16. The number of fused-ring (bicyclic) bond motifs is 3. The summed E-state index contributed by atoms with van der Waals surface area (Å²) in [4.78, 5) is 43.9. The zero-order valence-electron chi connectivity index (χ0n) is 32.2. The van der Waals surface area contributed by atoms with Gasteiger partial charge < -0.3 is 10.1 Å². The van der Waals surface area contributed by atoms with E-state index in [-0.39, 0.29) is 41.9 Å². The number of likely N-dealkylation sites (tertiary alicyclic amines) is 1. The molecule has 1 saturated carbocycles. The van der Waals surface area contributed by atoms with E-state index in [2.05, 4.69) is 40.3 Å². The van der Waals surface area contributed by atoms with Crippen molar-refractivity contribution in [1.82, 2.24) is 26.0 Å². The number of nitrogens with zero attached hydrogens (tertiary/aromatic N) is 2. The number of rotatable bonds is 11. The average molecular weight is 754 g/mol. The Morgan fingerprint density at radius 3 is 2.09 bits per heavy atom. The van der Waals surface area contributed by atoms with Crippen LogP contribution in [0.1, 0.15) is 88.3 Å². The van der Waals surface area contributed by atoms with Crippen LogP contribution in [-0.2, 0) is 25.5 Å². The molecule has 2 heterocycles. The monoisotopic (exact) mass is 753 g/mol. The molecule has 2 aliphatic carbocycles. The molecule has 10 heteroatoms. The molecule has 3 N–H and O–H groups in total. The van der Waals surface area contributed by atoms with Crippen LogP contribution < -0.4 is 16.1 Å². The van der Waals surface area contributed by atoms with Crippen LogP contribution in [0, 0.1) is 11.3 Å². The van der Waals surface area contributed by atoms with Gasteiger partial charge in [0.1, 0.15) is 12.6 Å². The highest BCUT2D eigenvalue weighted by Crippen LogP contribution is 2.47. The lowest BCUT2D eigenvalue weighted by atomic mass is 9.63. The predicted octanol–water partition coefficient (Wildman–Crippen LogP) is 6.49. The van der Waals surface area contributed by atoms with Gasteiger partial charge in [0.25, 0.3) is 5.91 Å². The lowest BCUT2D eigenvalue weighted by Crippen LogP contribution is -2.70. The lowest BCUT2D eigenvalue weighted by Gasteiger charge is -2.48. The minimum absolute atomic E-state index is 0.0255. The van der Waals surface area contributed by atoms with Crippen molar-refractivity contribution in [3.8, 4) is 11.1 Å². The van der Waals surface area contributed by atoms with E-state index in [1.54, 1.807) is 0 Å². The van der Waals surface area contributed by atoms with Crippen molar-refractivity contribution < 1.29 is 19.1 Å². The van der Waals surface area contributed by atoms with Gasteiger partial charge in [0.2, 0.25) is 5.91 Å². The van der Waals surface area contributed by atoms with E-state index in [9.17, 15) is 14.4 Å². The van der Waals surface area contributed by atoms with Crippen molar-refractivity contribution in [2.45, 2.75) is 102 Å². The molecule has 7 rings (SSSR count). The second-order valence-corrected chi connectivity index (χ2v) is 17.5. The maximum atomic E-state index is 14.2. The topological polar surface area (TPSA) is 103 Å². The maximum absolute atomic E-state index is 14.2. The third kappa shape index (κ3) is 8.25. The van der Waals surface area contributed by atoms with Crippen LogP contribution in [0.4, 0.5) is 0 Å². The van der Waals surface area contributed by atoms with Gasteiger partial charge in [-0.25, -0.2) is 5.01 Å². The summed E-state index contributed by atoms with van der Waals surface area (Å²) in [7, 11) is 1.92. The maximum Gasteiger partial charge on any atom is 0.325 e. The van der Waals surface area contributed by atoms with Gasteiger partial charge in [-0.05, 0) is 106 Å². The van der Waals surface area contributed by atoms with Crippen molar-refractivity contribution in [3.63, 3.8) is 0 Å². The molecule has 3 atom stereocenters. The highest BCUT2D eigenvalue weighted by atomic mass is 35.5. The zero-order chi connectivity index (χ0) is 38.0. The molecule has 4 aliphatic rings. The second kappa shape index (κ2) is 16.1. The van der Waals surface area contributed by atoms with Gasteiger partial charge in [0, 0.05) is 42.2 Å². The van der Waals surface area contributed by atoms with Gasteiger partial charge in [-0.15, -0.1) is 0 Å². The number of hydrogen-bond donors (Lipinski definition) is 3. The van der Waals surface area contributed by atoms with E-state index in [1.165, 1.54) is 41.5 Å². The number of esters is 1. The molecule has 0 radical (unpaired) electrons. The predicted molar refractivity (Wildman–Crippen MR) is 213 cm³/mol. The lowest BCUT2D eigenvalue weighted by molar-refractivity contribution is -0.157. The first kappa shape index (κ1) is 38.5. The van der Waals surface area contributed by atoms with Gasteiger partial charge >= 0.3 is 5.97 Å². The Bertz CT molecular complexity index is 1770. The fourth-order valence-corrected chi connectivity index (χ4v) is 9.53. The average Bonchev–Trinajstić information content (AvgIpc) is 3.47. The molecule has 9 nitrogen and oxygen atoms in total. The van der Waals surface area contributed by atoms with Gasteiger partial charge in [0.05, 0.1) is 11.5 Å². The first-order chi connectivity index (χ1) is 25.9. The summed E-state index contributed by atoms with van der Waals surface area (Å²) in [5.74, 6) is 0.0368. The van der Waals surface area contributed by atoms with Crippen LogP contribution in [0.3, 0.4) is 0 Å². The van der Waals surface area contributed by atoms with Gasteiger partial charge in [-0.1, -0.05) is 91.5 Å². The summed E-state index contributed by atoms with van der Waals surface area (Å²) in [5, 5.41) is 9.49. The summed E-state index contributed by atoms with van der Waals surface area (Å²) in [6.07, 6.45) is 7.56. The number of benzene rings is 3. The van der Waals surface area contributed by atoms with Gasteiger partial charge in [-0.2, -0.15) is 0 Å². The molecule has 2 amide bonds. The Morgan fingerprint density at radius 1 is 0.889 bits per heavy atom. The van der Waals surface area contributed by atoms with Crippen LogP contribution in [0.2, 0.25) is 5.02 Å². The normalized spacial score (nSPS) is 22.4. The largest absolute Gasteiger partial charge is 0.463 e.